The van der Waals surface area contributed by atoms with E-state index in [0.717, 1.165) is 23.4 Å². The van der Waals surface area contributed by atoms with E-state index in [2.05, 4.69) is 10.6 Å². The minimum atomic E-state index is 0.423. The number of methoxy groups -OCH3 is 3. The Morgan fingerprint density at radius 3 is 2.24 bits per heavy atom. The first-order valence-corrected chi connectivity index (χ1v) is 9.69. The number of hydrogen-bond donors (Lipinski definition) is 2. The van der Waals surface area contributed by atoms with Gasteiger partial charge in [0.05, 0.1) is 34.5 Å². The van der Waals surface area contributed by atoms with Gasteiger partial charge in [0.25, 0.3) is 0 Å². The van der Waals surface area contributed by atoms with Crippen LogP contribution in [0.5, 0.6) is 23.0 Å². The molecule has 2 rings (SSSR count). The zero-order valence-corrected chi connectivity index (χ0v) is 17.9. The molecule has 0 aromatic heterocycles. The van der Waals surface area contributed by atoms with Crippen molar-refractivity contribution in [2.24, 2.45) is 4.99 Å². The summed E-state index contributed by atoms with van der Waals surface area (Å²) in [6, 6.07) is 11.8. The van der Waals surface area contributed by atoms with Crippen LogP contribution in [0.15, 0.2) is 41.4 Å². The average Bonchev–Trinajstić information content (AvgIpc) is 2.75. The van der Waals surface area contributed by atoms with Crippen molar-refractivity contribution in [1.82, 2.24) is 10.6 Å². The van der Waals surface area contributed by atoms with Crippen molar-refractivity contribution in [2.45, 2.75) is 26.9 Å². The maximum absolute atomic E-state index is 5.69. The fraction of sp³-hybridized carbons (Fsp3) is 0.409. The molecule has 0 heterocycles. The largest absolute Gasteiger partial charge is 0.494 e. The minimum absolute atomic E-state index is 0.423. The lowest BCUT2D eigenvalue weighted by atomic mass is 10.1. The Balaban J connectivity index is 2.17. The monoisotopic (exact) mass is 401 g/mol. The number of para-hydroxylation sites is 1. The lowest BCUT2D eigenvalue weighted by Crippen LogP contribution is -2.36. The van der Waals surface area contributed by atoms with Gasteiger partial charge in [0.15, 0.2) is 17.5 Å². The van der Waals surface area contributed by atoms with Crippen LogP contribution >= 0.6 is 0 Å². The molecule has 0 saturated carbocycles. The highest BCUT2D eigenvalue weighted by Crippen LogP contribution is 2.39. The quantitative estimate of drug-likeness (QED) is 0.470. The van der Waals surface area contributed by atoms with Crippen LogP contribution in [-0.4, -0.2) is 40.4 Å². The van der Waals surface area contributed by atoms with E-state index in [9.17, 15) is 0 Å². The number of nitrogens with one attached hydrogen (secondary N) is 2. The molecule has 2 N–H and O–H groups in total. The van der Waals surface area contributed by atoms with Crippen molar-refractivity contribution in [3.05, 3.63) is 47.5 Å². The van der Waals surface area contributed by atoms with Gasteiger partial charge < -0.3 is 29.6 Å². The average molecular weight is 402 g/mol. The molecule has 0 atom stereocenters. The molecule has 0 aliphatic rings. The first kappa shape index (κ1) is 22.2. The Morgan fingerprint density at radius 1 is 0.828 bits per heavy atom. The summed E-state index contributed by atoms with van der Waals surface area (Å²) < 4.78 is 22.0. The molecular weight excluding hydrogens is 370 g/mol. The van der Waals surface area contributed by atoms with Crippen molar-refractivity contribution in [3.8, 4) is 23.0 Å². The predicted molar refractivity (Wildman–Crippen MR) is 115 cm³/mol. The minimum Gasteiger partial charge on any atom is -0.494 e. The Labute approximate surface area is 173 Å². The third kappa shape index (κ3) is 5.94. The second kappa shape index (κ2) is 11.7. The second-order valence-electron chi connectivity index (χ2n) is 6.08. The number of aliphatic imine (C=N–C) groups is 1. The first-order chi connectivity index (χ1) is 14.2. The molecule has 0 aliphatic carbocycles. The normalized spacial score (nSPS) is 11.0. The third-order valence-corrected chi connectivity index (χ3v) is 4.26. The standard InChI is InChI=1S/C22H31N3O4/c1-6-23-22(24-14-16-10-8-9-11-18(16)29-7-2)25-15-17-12-13-19(26-3)21(28-5)20(17)27-4/h8-13H,6-7,14-15H2,1-5H3,(H2,23,24,25). The fourth-order valence-corrected chi connectivity index (χ4v) is 2.92. The zero-order valence-electron chi connectivity index (χ0n) is 17.9. The summed E-state index contributed by atoms with van der Waals surface area (Å²) in [7, 11) is 4.80. The topological polar surface area (TPSA) is 73.3 Å². The van der Waals surface area contributed by atoms with Crippen molar-refractivity contribution >= 4 is 5.96 Å². The van der Waals surface area contributed by atoms with Gasteiger partial charge in [-0.15, -0.1) is 0 Å². The number of ether oxygens (including phenoxy) is 4. The molecule has 0 bridgehead atoms. The summed E-state index contributed by atoms with van der Waals surface area (Å²) in [4.78, 5) is 4.69. The van der Waals surface area contributed by atoms with E-state index in [1.165, 1.54) is 0 Å². The van der Waals surface area contributed by atoms with Gasteiger partial charge in [-0.25, -0.2) is 4.99 Å². The van der Waals surface area contributed by atoms with Gasteiger partial charge in [-0.2, -0.15) is 0 Å². The molecule has 0 spiro atoms. The maximum Gasteiger partial charge on any atom is 0.203 e. The van der Waals surface area contributed by atoms with Gasteiger partial charge in [0, 0.05) is 24.2 Å². The number of hydrogen-bond acceptors (Lipinski definition) is 5. The van der Waals surface area contributed by atoms with E-state index in [1.54, 1.807) is 21.3 Å². The van der Waals surface area contributed by atoms with E-state index >= 15 is 0 Å². The van der Waals surface area contributed by atoms with Crippen LogP contribution in [0.2, 0.25) is 0 Å². The molecule has 7 heteroatoms. The number of nitrogens with zero attached hydrogens (tertiary/aromatic N) is 1. The Bertz CT molecular complexity index is 809. The van der Waals surface area contributed by atoms with Crippen LogP contribution in [0.1, 0.15) is 25.0 Å². The van der Waals surface area contributed by atoms with Crippen LogP contribution in [-0.2, 0) is 13.1 Å². The van der Waals surface area contributed by atoms with Gasteiger partial charge >= 0.3 is 0 Å². The summed E-state index contributed by atoms with van der Waals surface area (Å²) in [5.74, 6) is 3.38. The lowest BCUT2D eigenvalue weighted by Gasteiger charge is -2.16. The van der Waals surface area contributed by atoms with E-state index in [1.807, 2.05) is 50.2 Å². The Morgan fingerprint density at radius 2 is 1.59 bits per heavy atom. The molecule has 7 nitrogen and oxygen atoms in total. The van der Waals surface area contributed by atoms with Crippen LogP contribution in [0.25, 0.3) is 0 Å². The first-order valence-electron chi connectivity index (χ1n) is 9.69. The predicted octanol–water partition coefficient (Wildman–Crippen LogP) is 3.37. The molecule has 2 aromatic rings. The second-order valence-corrected chi connectivity index (χ2v) is 6.08. The van der Waals surface area contributed by atoms with Gasteiger partial charge in [-0.05, 0) is 32.0 Å². The van der Waals surface area contributed by atoms with E-state index in [-0.39, 0.29) is 0 Å². The zero-order chi connectivity index (χ0) is 21.1. The molecule has 158 valence electrons. The number of guanidine groups is 1. The molecular formula is C22H31N3O4. The lowest BCUT2D eigenvalue weighted by molar-refractivity contribution is 0.322. The molecule has 29 heavy (non-hydrogen) atoms. The highest BCUT2D eigenvalue weighted by Gasteiger charge is 2.15. The number of benzene rings is 2. The van der Waals surface area contributed by atoms with Crippen molar-refractivity contribution in [2.75, 3.05) is 34.5 Å². The smallest absolute Gasteiger partial charge is 0.203 e. The highest BCUT2D eigenvalue weighted by molar-refractivity contribution is 5.79. The molecule has 0 amide bonds. The Kier molecular flexibility index (Phi) is 8.95. The highest BCUT2D eigenvalue weighted by atomic mass is 16.5. The van der Waals surface area contributed by atoms with Gasteiger partial charge in [0.2, 0.25) is 5.75 Å². The summed E-state index contributed by atoms with van der Waals surface area (Å²) in [5, 5.41) is 6.62. The van der Waals surface area contributed by atoms with Gasteiger partial charge in [-0.1, -0.05) is 18.2 Å². The summed E-state index contributed by atoms with van der Waals surface area (Å²) in [6.07, 6.45) is 0. The number of rotatable bonds is 10. The summed E-state index contributed by atoms with van der Waals surface area (Å²) >= 11 is 0. The molecule has 0 unspecified atom stereocenters. The van der Waals surface area contributed by atoms with Crippen LogP contribution in [0.3, 0.4) is 0 Å². The SMILES string of the molecule is CCNC(=NCc1ccc(OC)c(OC)c1OC)NCc1ccccc1OCC. The van der Waals surface area contributed by atoms with Crippen molar-refractivity contribution in [1.29, 1.82) is 0 Å². The van der Waals surface area contributed by atoms with Crippen molar-refractivity contribution < 1.29 is 18.9 Å². The molecule has 0 radical (unpaired) electrons. The molecule has 0 saturated heterocycles. The Hall–Kier alpha value is -3.09. The van der Waals surface area contributed by atoms with Crippen LogP contribution in [0, 0.1) is 0 Å². The molecule has 0 fully saturated rings. The van der Waals surface area contributed by atoms with Gasteiger partial charge in [0.1, 0.15) is 5.75 Å². The maximum atomic E-state index is 5.69. The van der Waals surface area contributed by atoms with Gasteiger partial charge in [-0.3, -0.25) is 0 Å². The van der Waals surface area contributed by atoms with E-state index in [0.29, 0.717) is 42.9 Å². The third-order valence-electron chi connectivity index (χ3n) is 4.26. The fourth-order valence-electron chi connectivity index (χ4n) is 2.92. The van der Waals surface area contributed by atoms with Crippen LogP contribution in [0.4, 0.5) is 0 Å². The van der Waals surface area contributed by atoms with E-state index in [4.69, 9.17) is 23.9 Å². The van der Waals surface area contributed by atoms with E-state index < -0.39 is 0 Å². The van der Waals surface area contributed by atoms with Crippen LogP contribution < -0.4 is 29.6 Å². The summed E-state index contributed by atoms with van der Waals surface area (Å²) in [6.45, 7) is 6.41. The van der Waals surface area contributed by atoms with Crippen molar-refractivity contribution in [3.63, 3.8) is 0 Å². The molecule has 0 aliphatic heterocycles. The summed E-state index contributed by atoms with van der Waals surface area (Å²) in [5.41, 5.74) is 1.97. The molecule has 2 aromatic carbocycles.